The highest BCUT2D eigenvalue weighted by atomic mass is 16.5. The molecule has 1 aliphatic heterocycles. The number of amides is 1. The predicted molar refractivity (Wildman–Crippen MR) is 77.3 cm³/mol. The van der Waals surface area contributed by atoms with Crippen molar-refractivity contribution < 1.29 is 14.1 Å². The first-order valence-electron chi connectivity index (χ1n) is 7.19. The molecule has 3 rings (SSSR count). The Balaban J connectivity index is 1.80. The Morgan fingerprint density at radius 2 is 2.18 bits per heavy atom. The quantitative estimate of drug-likeness (QED) is 0.838. The second-order valence-electron chi connectivity index (χ2n) is 5.34. The highest BCUT2D eigenvalue weighted by Gasteiger charge is 2.30. The lowest BCUT2D eigenvalue weighted by atomic mass is 10.1. The molecule has 0 spiro atoms. The first-order valence-corrected chi connectivity index (χ1v) is 7.19. The maximum atomic E-state index is 12.7. The van der Waals surface area contributed by atoms with Gasteiger partial charge in [0, 0.05) is 12.7 Å². The van der Waals surface area contributed by atoms with E-state index < -0.39 is 0 Å². The number of hydrogen-bond acceptors (Lipinski definition) is 6. The minimum Gasteiger partial charge on any atom is -0.368 e. The van der Waals surface area contributed by atoms with Gasteiger partial charge in [0.25, 0.3) is 5.91 Å². The van der Waals surface area contributed by atoms with Crippen LogP contribution in [0, 0.1) is 20.8 Å². The molecule has 0 unspecified atom stereocenters. The monoisotopic (exact) mass is 302 g/mol. The van der Waals surface area contributed by atoms with Gasteiger partial charge in [-0.2, -0.15) is 0 Å². The van der Waals surface area contributed by atoms with Crippen molar-refractivity contribution in [3.63, 3.8) is 0 Å². The highest BCUT2D eigenvalue weighted by molar-refractivity contribution is 5.96. The zero-order valence-electron chi connectivity index (χ0n) is 12.9. The van der Waals surface area contributed by atoms with Crippen molar-refractivity contribution in [1.29, 1.82) is 0 Å². The standard InChI is InChI=1S/C15H18N4O3/c1-9-14(10(2)22-18-9)15(20)19-6-7-21-13(8-19)12-4-5-16-11(3)17-12/h4-5,13H,6-8H2,1-3H3/t13-/m0/s1. The van der Waals surface area contributed by atoms with Gasteiger partial charge < -0.3 is 14.2 Å². The maximum absolute atomic E-state index is 12.7. The Bertz CT molecular complexity index is 678. The molecule has 0 saturated carbocycles. The molecule has 3 heterocycles. The lowest BCUT2D eigenvalue weighted by molar-refractivity contribution is -0.0249. The zero-order valence-corrected chi connectivity index (χ0v) is 12.9. The van der Waals surface area contributed by atoms with Crippen LogP contribution < -0.4 is 0 Å². The number of carbonyl (C=O) groups excluding carboxylic acids is 1. The van der Waals surface area contributed by atoms with E-state index in [4.69, 9.17) is 9.26 Å². The SMILES string of the molecule is Cc1nccc([C@@H]2CN(C(=O)c3c(C)noc3C)CCO2)n1. The van der Waals surface area contributed by atoms with E-state index in [-0.39, 0.29) is 12.0 Å². The van der Waals surface area contributed by atoms with Gasteiger partial charge in [0.15, 0.2) is 0 Å². The fraction of sp³-hybridized carbons (Fsp3) is 0.467. The summed E-state index contributed by atoms with van der Waals surface area (Å²) in [5, 5.41) is 3.85. The highest BCUT2D eigenvalue weighted by Crippen LogP contribution is 2.23. The van der Waals surface area contributed by atoms with Crippen molar-refractivity contribution in [1.82, 2.24) is 20.0 Å². The Morgan fingerprint density at radius 3 is 2.86 bits per heavy atom. The Hall–Kier alpha value is -2.28. The number of hydrogen-bond donors (Lipinski definition) is 0. The van der Waals surface area contributed by atoms with E-state index in [1.807, 2.05) is 13.0 Å². The van der Waals surface area contributed by atoms with Crippen molar-refractivity contribution >= 4 is 5.91 Å². The Kier molecular flexibility index (Phi) is 3.89. The molecule has 2 aromatic heterocycles. The second-order valence-corrected chi connectivity index (χ2v) is 5.34. The van der Waals surface area contributed by atoms with E-state index in [2.05, 4.69) is 15.1 Å². The second kappa shape index (κ2) is 5.84. The molecule has 1 atom stereocenters. The number of aromatic nitrogens is 3. The van der Waals surface area contributed by atoms with Gasteiger partial charge in [-0.1, -0.05) is 5.16 Å². The Labute approximate surface area is 128 Å². The summed E-state index contributed by atoms with van der Waals surface area (Å²) in [6, 6.07) is 1.82. The van der Waals surface area contributed by atoms with Crippen molar-refractivity contribution in [2.75, 3.05) is 19.7 Å². The fourth-order valence-corrected chi connectivity index (χ4v) is 2.61. The van der Waals surface area contributed by atoms with Crippen molar-refractivity contribution in [3.05, 3.63) is 40.8 Å². The van der Waals surface area contributed by atoms with Crippen LogP contribution in [-0.2, 0) is 4.74 Å². The predicted octanol–water partition coefficient (Wildman–Crippen LogP) is 1.60. The summed E-state index contributed by atoms with van der Waals surface area (Å²) in [6.45, 7) is 6.83. The number of carbonyl (C=O) groups is 1. The number of aryl methyl sites for hydroxylation is 3. The van der Waals surface area contributed by atoms with Gasteiger partial charge >= 0.3 is 0 Å². The van der Waals surface area contributed by atoms with Gasteiger partial charge in [0.05, 0.1) is 24.5 Å². The van der Waals surface area contributed by atoms with Gasteiger partial charge in [-0.3, -0.25) is 4.79 Å². The van der Waals surface area contributed by atoms with Crippen LogP contribution in [0.3, 0.4) is 0 Å². The van der Waals surface area contributed by atoms with Crippen LogP contribution in [0.15, 0.2) is 16.8 Å². The number of nitrogens with zero attached hydrogens (tertiary/aromatic N) is 4. The van der Waals surface area contributed by atoms with E-state index in [9.17, 15) is 4.79 Å². The molecule has 22 heavy (non-hydrogen) atoms. The molecule has 2 aromatic rings. The molecule has 0 aromatic carbocycles. The molecule has 0 radical (unpaired) electrons. The summed E-state index contributed by atoms with van der Waals surface area (Å²) in [5.41, 5.74) is 1.95. The molecule has 116 valence electrons. The third kappa shape index (κ3) is 2.71. The molecule has 0 N–H and O–H groups in total. The van der Waals surface area contributed by atoms with Crippen LogP contribution in [0.5, 0.6) is 0 Å². The summed E-state index contributed by atoms with van der Waals surface area (Å²) in [4.78, 5) is 22.9. The fourth-order valence-electron chi connectivity index (χ4n) is 2.61. The van der Waals surface area contributed by atoms with E-state index in [0.29, 0.717) is 42.5 Å². The summed E-state index contributed by atoms with van der Waals surface area (Å²) in [7, 11) is 0. The number of morpholine rings is 1. The zero-order chi connectivity index (χ0) is 15.7. The smallest absolute Gasteiger partial charge is 0.259 e. The molecule has 1 fully saturated rings. The average molecular weight is 302 g/mol. The molecular formula is C15H18N4O3. The molecule has 0 bridgehead atoms. The van der Waals surface area contributed by atoms with Crippen LogP contribution in [0.2, 0.25) is 0 Å². The van der Waals surface area contributed by atoms with Gasteiger partial charge in [-0.25, -0.2) is 9.97 Å². The molecule has 1 saturated heterocycles. The average Bonchev–Trinajstić information content (AvgIpc) is 2.86. The minimum absolute atomic E-state index is 0.0738. The third-order valence-corrected chi connectivity index (χ3v) is 3.73. The topological polar surface area (TPSA) is 81.4 Å². The molecular weight excluding hydrogens is 284 g/mol. The maximum Gasteiger partial charge on any atom is 0.259 e. The van der Waals surface area contributed by atoms with Crippen LogP contribution in [0.1, 0.15) is 39.4 Å². The van der Waals surface area contributed by atoms with Crippen LogP contribution in [0.25, 0.3) is 0 Å². The van der Waals surface area contributed by atoms with E-state index in [1.54, 1.807) is 24.9 Å². The molecule has 1 aliphatic rings. The van der Waals surface area contributed by atoms with E-state index in [1.165, 1.54) is 0 Å². The van der Waals surface area contributed by atoms with Crippen LogP contribution in [0.4, 0.5) is 0 Å². The van der Waals surface area contributed by atoms with Gasteiger partial charge in [0.2, 0.25) is 0 Å². The molecule has 1 amide bonds. The number of ether oxygens (including phenoxy) is 1. The van der Waals surface area contributed by atoms with Gasteiger partial charge in [-0.15, -0.1) is 0 Å². The van der Waals surface area contributed by atoms with Gasteiger partial charge in [-0.05, 0) is 26.8 Å². The van der Waals surface area contributed by atoms with Crippen molar-refractivity contribution in [2.24, 2.45) is 0 Å². The van der Waals surface area contributed by atoms with Gasteiger partial charge in [0.1, 0.15) is 23.3 Å². The van der Waals surface area contributed by atoms with Crippen molar-refractivity contribution in [2.45, 2.75) is 26.9 Å². The molecule has 7 heteroatoms. The minimum atomic E-state index is -0.236. The summed E-state index contributed by atoms with van der Waals surface area (Å²) in [5.74, 6) is 1.16. The van der Waals surface area contributed by atoms with Crippen molar-refractivity contribution in [3.8, 4) is 0 Å². The first-order chi connectivity index (χ1) is 10.6. The van der Waals surface area contributed by atoms with E-state index in [0.717, 1.165) is 5.69 Å². The molecule has 7 nitrogen and oxygen atoms in total. The summed E-state index contributed by atoms with van der Waals surface area (Å²) in [6.07, 6.45) is 1.47. The summed E-state index contributed by atoms with van der Waals surface area (Å²) < 4.78 is 10.8. The Morgan fingerprint density at radius 1 is 1.36 bits per heavy atom. The largest absolute Gasteiger partial charge is 0.368 e. The lowest BCUT2D eigenvalue weighted by Gasteiger charge is -2.32. The number of rotatable bonds is 2. The van der Waals surface area contributed by atoms with Crippen LogP contribution in [-0.4, -0.2) is 45.6 Å². The third-order valence-electron chi connectivity index (χ3n) is 3.73. The summed E-state index contributed by atoms with van der Waals surface area (Å²) >= 11 is 0. The van der Waals surface area contributed by atoms with E-state index >= 15 is 0 Å². The van der Waals surface area contributed by atoms with Crippen LogP contribution >= 0.6 is 0 Å². The molecule has 0 aliphatic carbocycles. The lowest BCUT2D eigenvalue weighted by Crippen LogP contribution is -2.42. The first kappa shape index (κ1) is 14.6. The normalized spacial score (nSPS) is 18.5.